The van der Waals surface area contributed by atoms with E-state index in [2.05, 4.69) is 15.3 Å². The molecule has 3 heterocycles. The molecule has 0 saturated heterocycles. The third-order valence-electron chi connectivity index (χ3n) is 4.06. The van der Waals surface area contributed by atoms with Crippen molar-refractivity contribution in [1.29, 1.82) is 0 Å². The Bertz CT molecular complexity index is 1200. The van der Waals surface area contributed by atoms with Gasteiger partial charge in [-0.05, 0) is 23.8 Å². The number of aromatic nitrogens is 5. The lowest BCUT2D eigenvalue weighted by Crippen LogP contribution is -2.22. The molecule has 4 rings (SSSR count). The first-order valence-electron chi connectivity index (χ1n) is 7.76. The van der Waals surface area contributed by atoms with E-state index in [-0.39, 0.29) is 24.3 Å². The van der Waals surface area contributed by atoms with Gasteiger partial charge in [-0.2, -0.15) is 5.10 Å². The number of halogens is 1. The lowest BCUT2D eigenvalue weighted by atomic mass is 10.1. The highest BCUT2D eigenvalue weighted by Crippen LogP contribution is 2.24. The molecule has 8 nitrogen and oxygen atoms in total. The largest absolute Gasteiger partial charge is 0.481 e. The predicted octanol–water partition coefficient (Wildman–Crippen LogP) is 1.72. The first kappa shape index (κ1) is 15.9. The first-order valence-corrected chi connectivity index (χ1v) is 7.76. The number of carbonyl (C=O) groups is 1. The van der Waals surface area contributed by atoms with Gasteiger partial charge in [0.15, 0.2) is 11.2 Å². The molecule has 0 aliphatic rings. The van der Waals surface area contributed by atoms with Gasteiger partial charge in [0.05, 0.1) is 12.6 Å². The third-order valence-corrected chi connectivity index (χ3v) is 4.06. The van der Waals surface area contributed by atoms with Gasteiger partial charge in [-0.15, -0.1) is 10.2 Å². The van der Waals surface area contributed by atoms with Crippen LogP contribution in [0.4, 0.5) is 4.39 Å². The normalized spacial score (nSPS) is 11.3. The smallest absolute Gasteiger partial charge is 0.305 e. The molecular weight excluding hydrogens is 341 g/mol. The van der Waals surface area contributed by atoms with Crippen molar-refractivity contribution < 1.29 is 14.3 Å². The summed E-state index contributed by atoms with van der Waals surface area (Å²) in [6.45, 7) is 0.0454. The number of benzene rings is 1. The molecule has 0 bridgehead atoms. The van der Waals surface area contributed by atoms with E-state index in [1.165, 1.54) is 27.4 Å². The number of aliphatic carboxylic acids is 1. The van der Waals surface area contributed by atoms with Crippen LogP contribution in [0, 0.1) is 5.82 Å². The standard InChI is InChI=1S/C17H12FN5O3/c18-11-3-1-10(2-4-11)12-9-19-23-13-5-7-22(8-6-14(24)25)17(26)15(13)20-21-16(12)23/h1-5,7,9H,6,8H2,(H,24,25). The molecular formula is C17H12FN5O3. The van der Waals surface area contributed by atoms with Crippen molar-refractivity contribution in [2.45, 2.75) is 13.0 Å². The van der Waals surface area contributed by atoms with Crippen LogP contribution in [-0.2, 0) is 11.3 Å². The van der Waals surface area contributed by atoms with E-state index in [0.29, 0.717) is 16.7 Å². The molecule has 0 amide bonds. The number of rotatable bonds is 4. The zero-order valence-corrected chi connectivity index (χ0v) is 13.3. The zero-order valence-electron chi connectivity index (χ0n) is 13.3. The zero-order chi connectivity index (χ0) is 18.3. The second-order valence-corrected chi connectivity index (χ2v) is 5.69. The molecule has 4 aromatic rings. The minimum absolute atomic E-state index is 0.0454. The van der Waals surface area contributed by atoms with Crippen LogP contribution >= 0.6 is 0 Å². The van der Waals surface area contributed by atoms with Crippen molar-refractivity contribution in [3.63, 3.8) is 0 Å². The highest BCUT2D eigenvalue weighted by Gasteiger charge is 2.14. The van der Waals surface area contributed by atoms with Crippen molar-refractivity contribution in [2.24, 2.45) is 0 Å². The van der Waals surface area contributed by atoms with E-state index in [9.17, 15) is 14.0 Å². The van der Waals surface area contributed by atoms with Gasteiger partial charge in [0.2, 0.25) is 0 Å². The number of carboxylic acids is 1. The van der Waals surface area contributed by atoms with E-state index >= 15 is 0 Å². The van der Waals surface area contributed by atoms with Gasteiger partial charge in [0.25, 0.3) is 5.56 Å². The van der Waals surface area contributed by atoms with E-state index in [4.69, 9.17) is 5.11 Å². The minimum atomic E-state index is -0.991. The molecule has 0 spiro atoms. The fraction of sp³-hybridized carbons (Fsp3) is 0.118. The quantitative estimate of drug-likeness (QED) is 0.599. The van der Waals surface area contributed by atoms with Crippen LogP contribution in [0.25, 0.3) is 27.8 Å². The van der Waals surface area contributed by atoms with Crippen molar-refractivity contribution in [3.8, 4) is 11.1 Å². The van der Waals surface area contributed by atoms with Gasteiger partial charge >= 0.3 is 5.97 Å². The molecule has 0 radical (unpaired) electrons. The van der Waals surface area contributed by atoms with Crippen LogP contribution in [-0.4, -0.2) is 35.5 Å². The van der Waals surface area contributed by atoms with E-state index in [0.717, 1.165) is 5.56 Å². The molecule has 130 valence electrons. The molecule has 0 saturated carbocycles. The topological polar surface area (TPSA) is 102 Å². The van der Waals surface area contributed by atoms with Crippen LogP contribution < -0.4 is 5.56 Å². The van der Waals surface area contributed by atoms with Crippen molar-refractivity contribution in [2.75, 3.05) is 0 Å². The van der Waals surface area contributed by atoms with Crippen LogP contribution in [0.3, 0.4) is 0 Å². The number of hydrogen-bond donors (Lipinski definition) is 1. The number of carboxylic acid groups (broad SMARTS) is 1. The Kier molecular flexibility index (Phi) is 3.68. The molecule has 0 unspecified atom stereocenters. The molecule has 0 fully saturated rings. The lowest BCUT2D eigenvalue weighted by Gasteiger charge is -2.06. The van der Waals surface area contributed by atoms with E-state index in [1.807, 2.05) is 0 Å². The van der Waals surface area contributed by atoms with E-state index in [1.54, 1.807) is 24.4 Å². The second kappa shape index (κ2) is 6.03. The molecule has 0 aliphatic carbocycles. The summed E-state index contributed by atoms with van der Waals surface area (Å²) in [6.07, 6.45) is 2.91. The summed E-state index contributed by atoms with van der Waals surface area (Å²) in [7, 11) is 0. The lowest BCUT2D eigenvalue weighted by molar-refractivity contribution is -0.137. The maximum Gasteiger partial charge on any atom is 0.305 e. The Hall–Kier alpha value is -3.62. The van der Waals surface area contributed by atoms with Crippen LogP contribution in [0.5, 0.6) is 0 Å². The summed E-state index contributed by atoms with van der Waals surface area (Å²) in [5.74, 6) is -1.33. The van der Waals surface area contributed by atoms with Gasteiger partial charge in [0.1, 0.15) is 11.3 Å². The second-order valence-electron chi connectivity index (χ2n) is 5.69. The maximum absolute atomic E-state index is 13.1. The summed E-state index contributed by atoms with van der Waals surface area (Å²) < 4.78 is 15.9. The van der Waals surface area contributed by atoms with Gasteiger partial charge < -0.3 is 9.67 Å². The predicted molar refractivity (Wildman–Crippen MR) is 90.2 cm³/mol. The van der Waals surface area contributed by atoms with Gasteiger partial charge in [-0.3, -0.25) is 9.59 Å². The highest BCUT2D eigenvalue weighted by atomic mass is 19.1. The monoisotopic (exact) mass is 353 g/mol. The Labute approximate surface area is 145 Å². The van der Waals surface area contributed by atoms with Crippen molar-refractivity contribution in [3.05, 3.63) is 58.9 Å². The fourth-order valence-electron chi connectivity index (χ4n) is 2.75. The molecule has 26 heavy (non-hydrogen) atoms. The summed E-state index contributed by atoms with van der Waals surface area (Å²) in [5, 5.41) is 21.1. The molecule has 1 N–H and O–H groups in total. The molecule has 0 atom stereocenters. The Morgan fingerprint density at radius 1 is 1.15 bits per heavy atom. The summed E-state index contributed by atoms with van der Waals surface area (Å²) >= 11 is 0. The van der Waals surface area contributed by atoms with E-state index < -0.39 is 11.5 Å². The first-order chi connectivity index (χ1) is 12.5. The van der Waals surface area contributed by atoms with Crippen LogP contribution in [0.1, 0.15) is 6.42 Å². The maximum atomic E-state index is 13.1. The van der Waals surface area contributed by atoms with Gasteiger partial charge in [-0.1, -0.05) is 12.1 Å². The molecule has 9 heteroatoms. The SMILES string of the molecule is O=C(O)CCn1ccc2c(nnc3c(-c4ccc(F)cc4)cnn32)c1=O. The summed E-state index contributed by atoms with van der Waals surface area (Å²) in [6, 6.07) is 7.55. The average molecular weight is 353 g/mol. The third kappa shape index (κ3) is 2.59. The number of nitrogens with zero attached hydrogens (tertiary/aromatic N) is 5. The Balaban J connectivity index is 1.86. The summed E-state index contributed by atoms with van der Waals surface area (Å²) in [4.78, 5) is 23.2. The minimum Gasteiger partial charge on any atom is -0.481 e. The fourth-order valence-corrected chi connectivity index (χ4v) is 2.75. The average Bonchev–Trinajstić information content (AvgIpc) is 3.06. The van der Waals surface area contributed by atoms with Gasteiger partial charge in [-0.25, -0.2) is 8.91 Å². The van der Waals surface area contributed by atoms with Crippen LogP contribution in [0.15, 0.2) is 47.5 Å². The number of hydrogen-bond acceptors (Lipinski definition) is 5. The number of fused-ring (bicyclic) bond motifs is 3. The number of aryl methyl sites for hydroxylation is 1. The van der Waals surface area contributed by atoms with Crippen molar-refractivity contribution in [1.82, 2.24) is 24.4 Å². The van der Waals surface area contributed by atoms with Crippen LogP contribution in [0.2, 0.25) is 0 Å². The number of pyridine rings is 1. The molecule has 3 aromatic heterocycles. The molecule has 0 aliphatic heterocycles. The van der Waals surface area contributed by atoms with Crippen molar-refractivity contribution >= 4 is 22.6 Å². The Morgan fingerprint density at radius 2 is 1.92 bits per heavy atom. The molecule has 1 aromatic carbocycles. The van der Waals surface area contributed by atoms with Gasteiger partial charge in [0, 0.05) is 18.3 Å². The summed E-state index contributed by atoms with van der Waals surface area (Å²) in [5.41, 5.74) is 1.95. The Morgan fingerprint density at radius 3 is 2.65 bits per heavy atom. The highest BCUT2D eigenvalue weighted by molar-refractivity contribution is 5.82.